The van der Waals surface area contributed by atoms with Gasteiger partial charge in [-0.2, -0.15) is 0 Å². The Morgan fingerprint density at radius 2 is 1.52 bits per heavy atom. The van der Waals surface area contributed by atoms with Gasteiger partial charge in [0.1, 0.15) is 11.6 Å². The summed E-state index contributed by atoms with van der Waals surface area (Å²) in [5.41, 5.74) is 2.66. The second-order valence-electron chi connectivity index (χ2n) is 5.95. The van der Waals surface area contributed by atoms with E-state index in [0.29, 0.717) is 0 Å². The fourth-order valence-electron chi connectivity index (χ4n) is 2.87. The van der Waals surface area contributed by atoms with Crippen LogP contribution in [0.1, 0.15) is 36.6 Å². The monoisotopic (exact) mass is 289 g/mol. The minimum absolute atomic E-state index is 0.0707. The van der Waals surface area contributed by atoms with Gasteiger partial charge in [-0.25, -0.2) is 8.78 Å². The first-order valence-electron chi connectivity index (χ1n) is 7.05. The molecule has 0 heterocycles. The maximum absolute atomic E-state index is 13.6. The van der Waals surface area contributed by atoms with Crippen LogP contribution >= 0.6 is 0 Å². The molecule has 1 atom stereocenters. The van der Waals surface area contributed by atoms with Crippen molar-refractivity contribution in [1.29, 1.82) is 0 Å². The van der Waals surface area contributed by atoms with Gasteiger partial charge in [0.05, 0.1) is 0 Å². The summed E-state index contributed by atoms with van der Waals surface area (Å²) >= 11 is 0. The largest absolute Gasteiger partial charge is 0.312 e. The van der Waals surface area contributed by atoms with E-state index in [4.69, 9.17) is 0 Å². The molecule has 0 aliphatic rings. The molecule has 0 fully saturated rings. The molecule has 2 aromatic rings. The first kappa shape index (κ1) is 15.6. The fraction of sp³-hybridized carbons (Fsp3) is 0.333. The van der Waals surface area contributed by atoms with Crippen molar-refractivity contribution in [3.05, 3.63) is 70.8 Å². The normalized spacial score (nSPS) is 13.2. The predicted octanol–water partition coefficient (Wildman–Crippen LogP) is 4.51. The van der Waals surface area contributed by atoms with Gasteiger partial charge < -0.3 is 5.32 Å². The summed E-state index contributed by atoms with van der Waals surface area (Å²) in [4.78, 5) is 0. The zero-order valence-electron chi connectivity index (χ0n) is 12.9. The molecular formula is C18H21F2N. The number of nitrogens with one attached hydrogen (secondary N) is 1. The van der Waals surface area contributed by atoms with Crippen molar-refractivity contribution in [1.82, 2.24) is 5.32 Å². The van der Waals surface area contributed by atoms with Crippen LogP contribution in [0.5, 0.6) is 0 Å². The number of aryl methyl sites for hydroxylation is 1. The van der Waals surface area contributed by atoms with Crippen molar-refractivity contribution in [3.8, 4) is 0 Å². The van der Waals surface area contributed by atoms with Crippen LogP contribution in [0.15, 0.2) is 42.5 Å². The Morgan fingerprint density at radius 3 is 2.10 bits per heavy atom. The molecule has 0 amide bonds. The molecular weight excluding hydrogens is 268 g/mol. The number of halogens is 2. The Kier molecular flexibility index (Phi) is 4.43. The van der Waals surface area contributed by atoms with Crippen LogP contribution in [0.3, 0.4) is 0 Å². The van der Waals surface area contributed by atoms with Crippen LogP contribution < -0.4 is 5.32 Å². The van der Waals surface area contributed by atoms with Gasteiger partial charge in [0.15, 0.2) is 0 Å². The lowest BCUT2D eigenvalue weighted by Gasteiger charge is -2.36. The molecule has 0 aliphatic heterocycles. The van der Waals surface area contributed by atoms with Crippen LogP contribution in [0.4, 0.5) is 8.78 Å². The van der Waals surface area contributed by atoms with E-state index in [9.17, 15) is 8.78 Å². The van der Waals surface area contributed by atoms with Crippen molar-refractivity contribution in [2.75, 3.05) is 7.05 Å². The summed E-state index contributed by atoms with van der Waals surface area (Å²) in [5.74, 6) is -0.497. The summed E-state index contributed by atoms with van der Waals surface area (Å²) in [5, 5.41) is 3.28. The third-order valence-electron chi connectivity index (χ3n) is 4.15. The van der Waals surface area contributed by atoms with E-state index in [1.165, 1.54) is 18.2 Å². The molecule has 0 saturated carbocycles. The molecule has 1 nitrogen and oxygen atoms in total. The van der Waals surface area contributed by atoms with E-state index in [-0.39, 0.29) is 23.1 Å². The maximum Gasteiger partial charge on any atom is 0.123 e. The number of benzene rings is 2. The van der Waals surface area contributed by atoms with Crippen molar-refractivity contribution in [2.45, 2.75) is 32.2 Å². The van der Waals surface area contributed by atoms with E-state index in [2.05, 4.69) is 19.2 Å². The molecule has 0 spiro atoms. The molecule has 0 aromatic heterocycles. The average molecular weight is 289 g/mol. The highest BCUT2D eigenvalue weighted by atomic mass is 19.1. The minimum Gasteiger partial charge on any atom is -0.312 e. The molecule has 1 unspecified atom stereocenters. The number of hydrogen-bond donors (Lipinski definition) is 1. The van der Waals surface area contributed by atoms with Crippen LogP contribution in [-0.4, -0.2) is 7.05 Å². The van der Waals surface area contributed by atoms with Crippen LogP contribution in [-0.2, 0) is 5.41 Å². The topological polar surface area (TPSA) is 12.0 Å². The second kappa shape index (κ2) is 5.94. The predicted molar refractivity (Wildman–Crippen MR) is 82.4 cm³/mol. The van der Waals surface area contributed by atoms with E-state index in [1.54, 1.807) is 24.3 Å². The SMILES string of the molecule is CNC(c1cc(F)ccc1C)C(C)(C)c1ccc(F)cc1. The van der Waals surface area contributed by atoms with Gasteiger partial charge in [0.25, 0.3) is 0 Å². The van der Waals surface area contributed by atoms with E-state index in [0.717, 1.165) is 16.7 Å². The van der Waals surface area contributed by atoms with E-state index in [1.807, 2.05) is 14.0 Å². The van der Waals surface area contributed by atoms with Crippen LogP contribution in [0.2, 0.25) is 0 Å². The van der Waals surface area contributed by atoms with Crippen molar-refractivity contribution in [3.63, 3.8) is 0 Å². The summed E-state index contributed by atoms with van der Waals surface area (Å²) in [6, 6.07) is 11.2. The van der Waals surface area contributed by atoms with Gasteiger partial charge in [-0.1, -0.05) is 32.0 Å². The van der Waals surface area contributed by atoms with E-state index < -0.39 is 0 Å². The first-order valence-corrected chi connectivity index (χ1v) is 7.05. The highest BCUT2D eigenvalue weighted by Crippen LogP contribution is 2.38. The Labute approximate surface area is 125 Å². The van der Waals surface area contributed by atoms with Gasteiger partial charge in [-0.3, -0.25) is 0 Å². The zero-order valence-corrected chi connectivity index (χ0v) is 12.9. The molecule has 112 valence electrons. The fourth-order valence-corrected chi connectivity index (χ4v) is 2.87. The number of hydrogen-bond acceptors (Lipinski definition) is 1. The standard InChI is InChI=1S/C18H21F2N/c1-12-5-8-15(20)11-16(12)17(21-4)18(2,3)13-6-9-14(19)10-7-13/h5-11,17,21H,1-4H3. The van der Waals surface area contributed by atoms with Crippen molar-refractivity contribution in [2.24, 2.45) is 0 Å². The highest BCUT2D eigenvalue weighted by Gasteiger charge is 2.32. The third-order valence-corrected chi connectivity index (χ3v) is 4.15. The van der Waals surface area contributed by atoms with Crippen LogP contribution in [0, 0.1) is 18.6 Å². The molecule has 21 heavy (non-hydrogen) atoms. The molecule has 1 N–H and O–H groups in total. The quantitative estimate of drug-likeness (QED) is 0.873. The van der Waals surface area contributed by atoms with Crippen molar-refractivity contribution >= 4 is 0 Å². The number of rotatable bonds is 4. The summed E-state index contributed by atoms with van der Waals surface area (Å²) in [6.07, 6.45) is 0. The number of likely N-dealkylation sites (N-methyl/N-ethyl adjacent to an activating group) is 1. The second-order valence-corrected chi connectivity index (χ2v) is 5.95. The van der Waals surface area contributed by atoms with Gasteiger partial charge in [0.2, 0.25) is 0 Å². The zero-order chi connectivity index (χ0) is 15.6. The Morgan fingerprint density at radius 1 is 0.952 bits per heavy atom. The molecule has 2 aromatic carbocycles. The summed E-state index contributed by atoms with van der Waals surface area (Å²) in [6.45, 7) is 6.12. The van der Waals surface area contributed by atoms with Gasteiger partial charge in [0, 0.05) is 11.5 Å². The van der Waals surface area contributed by atoms with Gasteiger partial charge in [-0.15, -0.1) is 0 Å². The molecule has 0 radical (unpaired) electrons. The molecule has 0 bridgehead atoms. The van der Waals surface area contributed by atoms with Crippen LogP contribution in [0.25, 0.3) is 0 Å². The lowest BCUT2D eigenvalue weighted by molar-refractivity contribution is 0.366. The minimum atomic E-state index is -0.305. The van der Waals surface area contributed by atoms with Gasteiger partial charge >= 0.3 is 0 Å². The Bertz CT molecular complexity index is 618. The summed E-state index contributed by atoms with van der Waals surface area (Å²) < 4.78 is 26.7. The molecule has 0 saturated heterocycles. The molecule has 0 aliphatic carbocycles. The van der Waals surface area contributed by atoms with Crippen molar-refractivity contribution < 1.29 is 8.78 Å². The lowest BCUT2D eigenvalue weighted by atomic mass is 9.74. The summed E-state index contributed by atoms with van der Waals surface area (Å²) in [7, 11) is 1.86. The smallest absolute Gasteiger partial charge is 0.123 e. The average Bonchev–Trinajstić information content (AvgIpc) is 2.43. The first-order chi connectivity index (χ1) is 9.86. The van der Waals surface area contributed by atoms with E-state index >= 15 is 0 Å². The highest BCUT2D eigenvalue weighted by molar-refractivity contribution is 5.36. The Balaban J connectivity index is 2.48. The lowest BCUT2D eigenvalue weighted by Crippen LogP contribution is -2.36. The van der Waals surface area contributed by atoms with Gasteiger partial charge in [-0.05, 0) is 54.9 Å². The molecule has 2 rings (SSSR count). The molecule has 3 heteroatoms. The Hall–Kier alpha value is -1.74. The third kappa shape index (κ3) is 3.13. The maximum atomic E-state index is 13.6.